The van der Waals surface area contributed by atoms with Crippen LogP contribution in [-0.2, 0) is 5.75 Å². The summed E-state index contributed by atoms with van der Waals surface area (Å²) in [7, 11) is 0. The van der Waals surface area contributed by atoms with Gasteiger partial charge in [-0.25, -0.2) is 9.47 Å². The van der Waals surface area contributed by atoms with E-state index in [1.807, 2.05) is 0 Å². The van der Waals surface area contributed by atoms with E-state index in [1.165, 1.54) is 35.1 Å². The quantitative estimate of drug-likeness (QED) is 0.594. The molecule has 2 heterocycles. The van der Waals surface area contributed by atoms with Crippen molar-refractivity contribution >= 4 is 17.7 Å². The number of rotatable bonds is 4. The van der Waals surface area contributed by atoms with E-state index in [1.54, 1.807) is 0 Å². The lowest BCUT2D eigenvalue weighted by molar-refractivity contribution is 0.0695. The number of thioether (sulfide) groups is 1. The molecule has 3 N–H and O–H groups in total. The number of furan rings is 1. The van der Waals surface area contributed by atoms with Crippen molar-refractivity contribution in [3.63, 3.8) is 0 Å². The Morgan fingerprint density at radius 1 is 1.69 bits per heavy atom. The minimum Gasteiger partial charge on any atom is -0.478 e. The van der Waals surface area contributed by atoms with Gasteiger partial charge in [0.1, 0.15) is 17.7 Å². The summed E-state index contributed by atoms with van der Waals surface area (Å²) in [5, 5.41) is 16.7. The van der Waals surface area contributed by atoms with Crippen molar-refractivity contribution in [1.82, 2.24) is 14.9 Å². The molecule has 0 unspecified atom stereocenters. The van der Waals surface area contributed by atoms with Gasteiger partial charge in [-0.05, 0) is 6.07 Å². The minimum atomic E-state index is -1.02. The van der Waals surface area contributed by atoms with E-state index in [9.17, 15) is 4.79 Å². The van der Waals surface area contributed by atoms with Crippen LogP contribution in [0.4, 0.5) is 0 Å². The highest BCUT2D eigenvalue weighted by Crippen LogP contribution is 2.22. The van der Waals surface area contributed by atoms with Crippen molar-refractivity contribution < 1.29 is 14.3 Å². The Morgan fingerprint density at radius 2 is 2.50 bits per heavy atom. The highest BCUT2D eigenvalue weighted by molar-refractivity contribution is 7.98. The number of nitrogens with two attached hydrogens (primary N) is 1. The van der Waals surface area contributed by atoms with Gasteiger partial charge in [0, 0.05) is 0 Å². The highest BCUT2D eigenvalue weighted by Gasteiger charge is 2.14. The first-order chi connectivity index (χ1) is 7.68. The van der Waals surface area contributed by atoms with E-state index in [0.29, 0.717) is 16.7 Å². The largest absolute Gasteiger partial charge is 0.478 e. The maximum absolute atomic E-state index is 10.8. The Bertz CT molecular complexity index is 507. The number of carboxylic acids is 1. The normalized spacial score (nSPS) is 10.5. The number of aromatic carboxylic acids is 1. The number of hydrogen-bond donors (Lipinski definition) is 2. The van der Waals surface area contributed by atoms with Gasteiger partial charge in [-0.1, -0.05) is 11.8 Å². The van der Waals surface area contributed by atoms with E-state index in [2.05, 4.69) is 10.2 Å². The number of carboxylic acid groups (broad SMARTS) is 1. The average Bonchev–Trinajstić information content (AvgIpc) is 2.83. The van der Waals surface area contributed by atoms with Gasteiger partial charge in [-0.2, -0.15) is 0 Å². The van der Waals surface area contributed by atoms with Crippen molar-refractivity contribution in [3.05, 3.63) is 30.0 Å². The van der Waals surface area contributed by atoms with Crippen LogP contribution in [0, 0.1) is 0 Å². The van der Waals surface area contributed by atoms with Gasteiger partial charge < -0.3 is 15.4 Å². The first-order valence-electron chi connectivity index (χ1n) is 4.26. The van der Waals surface area contributed by atoms with Crippen LogP contribution in [0.2, 0.25) is 0 Å². The van der Waals surface area contributed by atoms with Gasteiger partial charge in [0.05, 0.1) is 12.0 Å². The molecule has 0 saturated carbocycles. The molecule has 16 heavy (non-hydrogen) atoms. The number of nitrogen functional groups attached to an aromatic ring is 1. The summed E-state index contributed by atoms with van der Waals surface area (Å²) in [6, 6.07) is 1.41. The molecule has 2 aromatic rings. The van der Waals surface area contributed by atoms with Crippen LogP contribution in [0.15, 0.2) is 28.2 Å². The van der Waals surface area contributed by atoms with Gasteiger partial charge in [-0.3, -0.25) is 0 Å². The molecule has 2 aromatic heterocycles. The molecule has 0 aliphatic carbocycles. The molecule has 0 saturated heterocycles. The zero-order valence-corrected chi connectivity index (χ0v) is 8.85. The van der Waals surface area contributed by atoms with E-state index < -0.39 is 5.97 Å². The van der Waals surface area contributed by atoms with Crippen LogP contribution in [-0.4, -0.2) is 25.9 Å². The third kappa shape index (κ3) is 2.01. The SMILES string of the molecule is Nn1cnnc1SCc1occc1C(=O)O. The minimum absolute atomic E-state index is 0.149. The Hall–Kier alpha value is -1.96. The topological polar surface area (TPSA) is 107 Å². The molecular weight excluding hydrogens is 232 g/mol. The standard InChI is InChI=1S/C8H8N4O3S/c9-12-4-10-11-8(12)16-3-6-5(7(13)14)1-2-15-6/h1-2,4H,3,9H2,(H,13,14). The van der Waals surface area contributed by atoms with Crippen molar-refractivity contribution in [1.29, 1.82) is 0 Å². The molecule has 7 nitrogen and oxygen atoms in total. The highest BCUT2D eigenvalue weighted by atomic mass is 32.2. The van der Waals surface area contributed by atoms with E-state index in [0.717, 1.165) is 0 Å². The van der Waals surface area contributed by atoms with Gasteiger partial charge in [-0.15, -0.1) is 10.2 Å². The lowest BCUT2D eigenvalue weighted by Crippen LogP contribution is -2.07. The van der Waals surface area contributed by atoms with Gasteiger partial charge in [0.2, 0.25) is 5.16 Å². The monoisotopic (exact) mass is 240 g/mol. The third-order valence-electron chi connectivity index (χ3n) is 1.85. The van der Waals surface area contributed by atoms with Gasteiger partial charge in [0.25, 0.3) is 0 Å². The number of hydrogen-bond acceptors (Lipinski definition) is 6. The number of carbonyl (C=O) groups is 1. The second-order valence-electron chi connectivity index (χ2n) is 2.87. The summed E-state index contributed by atoms with van der Waals surface area (Å²) >= 11 is 1.25. The molecule has 0 radical (unpaired) electrons. The van der Waals surface area contributed by atoms with Crippen LogP contribution < -0.4 is 5.84 Å². The summed E-state index contributed by atoms with van der Waals surface area (Å²) in [6.07, 6.45) is 2.70. The average molecular weight is 240 g/mol. The second-order valence-corrected chi connectivity index (χ2v) is 3.81. The lowest BCUT2D eigenvalue weighted by Gasteiger charge is -1.99. The van der Waals surface area contributed by atoms with E-state index in [4.69, 9.17) is 15.4 Å². The van der Waals surface area contributed by atoms with Crippen LogP contribution >= 0.6 is 11.8 Å². The molecule has 0 spiro atoms. The first kappa shape index (κ1) is 10.6. The van der Waals surface area contributed by atoms with Crippen molar-refractivity contribution in [2.45, 2.75) is 10.9 Å². The van der Waals surface area contributed by atoms with Crippen molar-refractivity contribution in [2.24, 2.45) is 0 Å². The maximum Gasteiger partial charge on any atom is 0.339 e. The van der Waals surface area contributed by atoms with Gasteiger partial charge >= 0.3 is 5.97 Å². The third-order valence-corrected chi connectivity index (χ3v) is 2.81. The summed E-state index contributed by atoms with van der Waals surface area (Å²) in [4.78, 5) is 10.8. The summed E-state index contributed by atoms with van der Waals surface area (Å²) in [6.45, 7) is 0. The molecular formula is C8H8N4O3S. The Labute approximate surface area is 94.2 Å². The van der Waals surface area contributed by atoms with Gasteiger partial charge in [0.15, 0.2) is 0 Å². The molecule has 0 atom stereocenters. The van der Waals surface area contributed by atoms with Crippen LogP contribution in [0.25, 0.3) is 0 Å². The van der Waals surface area contributed by atoms with E-state index in [-0.39, 0.29) is 5.56 Å². The predicted molar refractivity (Wildman–Crippen MR) is 55.4 cm³/mol. The maximum atomic E-state index is 10.8. The Balaban J connectivity index is 2.08. The van der Waals surface area contributed by atoms with Crippen LogP contribution in [0.3, 0.4) is 0 Å². The van der Waals surface area contributed by atoms with E-state index >= 15 is 0 Å². The fourth-order valence-electron chi connectivity index (χ4n) is 1.11. The number of aromatic nitrogens is 3. The zero-order valence-electron chi connectivity index (χ0n) is 8.03. The Kier molecular flexibility index (Phi) is 2.82. The predicted octanol–water partition coefficient (Wildman–Crippen LogP) is 0.575. The number of nitrogens with zero attached hydrogens (tertiary/aromatic N) is 3. The summed E-state index contributed by atoms with van der Waals surface area (Å²) < 4.78 is 6.32. The molecule has 84 valence electrons. The molecule has 8 heteroatoms. The van der Waals surface area contributed by atoms with Crippen molar-refractivity contribution in [3.8, 4) is 0 Å². The zero-order chi connectivity index (χ0) is 11.5. The van der Waals surface area contributed by atoms with Crippen LogP contribution in [0.5, 0.6) is 0 Å². The molecule has 0 aliphatic rings. The summed E-state index contributed by atoms with van der Waals surface area (Å²) in [5.41, 5.74) is 0.149. The molecule has 0 aliphatic heterocycles. The molecule has 0 bridgehead atoms. The van der Waals surface area contributed by atoms with Crippen LogP contribution in [0.1, 0.15) is 16.1 Å². The smallest absolute Gasteiger partial charge is 0.339 e. The molecule has 0 fully saturated rings. The fourth-order valence-corrected chi connectivity index (χ4v) is 1.89. The molecule has 0 amide bonds. The second kappa shape index (κ2) is 4.27. The van der Waals surface area contributed by atoms with Crippen molar-refractivity contribution in [2.75, 3.05) is 5.84 Å². The first-order valence-corrected chi connectivity index (χ1v) is 5.24. The lowest BCUT2D eigenvalue weighted by atomic mass is 10.3. The summed E-state index contributed by atoms with van der Waals surface area (Å²) in [5.74, 6) is 5.20. The molecule has 2 rings (SSSR count). The molecule has 0 aromatic carbocycles. The Morgan fingerprint density at radius 3 is 3.12 bits per heavy atom. The fraction of sp³-hybridized carbons (Fsp3) is 0.125.